The summed E-state index contributed by atoms with van der Waals surface area (Å²) in [5.74, 6) is 0. The topological polar surface area (TPSA) is 36.9 Å². The molecule has 2 aliphatic heterocycles. The summed E-state index contributed by atoms with van der Waals surface area (Å²) >= 11 is 0. The fourth-order valence-corrected chi connectivity index (χ4v) is 2.99. The minimum Gasteiger partial charge on any atom is -0.405 e. The third-order valence-electron chi connectivity index (χ3n) is 5.84. The Balaban J connectivity index is 2.23. The van der Waals surface area contributed by atoms with Crippen LogP contribution in [0.1, 0.15) is 69.2 Å². The van der Waals surface area contributed by atoms with Gasteiger partial charge in [-0.1, -0.05) is 20.8 Å². The summed E-state index contributed by atoms with van der Waals surface area (Å²) in [6.07, 6.45) is 0. The van der Waals surface area contributed by atoms with Crippen LogP contribution in [0.5, 0.6) is 0 Å². The van der Waals surface area contributed by atoms with Gasteiger partial charge in [0, 0.05) is 0 Å². The molecule has 120 valence electrons. The molecule has 0 spiro atoms. The highest BCUT2D eigenvalue weighted by Gasteiger charge is 2.67. The zero-order valence-electron chi connectivity index (χ0n) is 15.3. The molecule has 0 N–H and O–H groups in total. The van der Waals surface area contributed by atoms with Crippen LogP contribution in [0, 0.1) is 5.41 Å². The Morgan fingerprint density at radius 3 is 1.24 bits per heavy atom. The van der Waals surface area contributed by atoms with Crippen molar-refractivity contribution in [3.8, 4) is 0 Å². The summed E-state index contributed by atoms with van der Waals surface area (Å²) < 4.78 is 24.7. The molecule has 1 unspecified atom stereocenters. The predicted molar refractivity (Wildman–Crippen MR) is 85.9 cm³/mol. The normalized spacial score (nSPS) is 34.6. The van der Waals surface area contributed by atoms with E-state index in [1.165, 1.54) is 0 Å². The molecule has 21 heavy (non-hydrogen) atoms. The molecule has 2 aliphatic rings. The van der Waals surface area contributed by atoms with Gasteiger partial charge in [0.05, 0.1) is 22.4 Å². The van der Waals surface area contributed by atoms with Crippen LogP contribution in [0.25, 0.3) is 0 Å². The van der Waals surface area contributed by atoms with Gasteiger partial charge in [-0.2, -0.15) is 0 Å². The van der Waals surface area contributed by atoms with Crippen molar-refractivity contribution >= 4 is 14.0 Å². The highest BCUT2D eigenvalue weighted by Crippen LogP contribution is 2.50. The quantitative estimate of drug-likeness (QED) is 0.696. The number of rotatable bonds is 1. The summed E-state index contributed by atoms with van der Waals surface area (Å²) in [4.78, 5) is 0. The molecule has 0 aromatic rings. The van der Waals surface area contributed by atoms with Crippen LogP contribution in [0.2, 0.25) is 0 Å². The van der Waals surface area contributed by atoms with Gasteiger partial charge in [-0.05, 0) is 53.9 Å². The van der Waals surface area contributed by atoms with Gasteiger partial charge in [0.15, 0.2) is 0 Å². The Bertz CT molecular complexity index is 412. The van der Waals surface area contributed by atoms with E-state index in [2.05, 4.69) is 41.5 Å². The Kier molecular flexibility index (Phi) is 3.71. The summed E-state index contributed by atoms with van der Waals surface area (Å²) in [6, 6.07) is 0. The second kappa shape index (κ2) is 4.50. The molecule has 0 amide bonds. The minimum atomic E-state index is -0.509. The van der Waals surface area contributed by atoms with Crippen molar-refractivity contribution in [2.45, 2.75) is 91.6 Å². The van der Waals surface area contributed by atoms with E-state index in [1.807, 2.05) is 27.7 Å². The van der Waals surface area contributed by atoms with E-state index in [0.717, 1.165) is 0 Å². The maximum atomic E-state index is 6.33. The van der Waals surface area contributed by atoms with Gasteiger partial charge in [-0.15, -0.1) is 0 Å². The first kappa shape index (κ1) is 17.3. The van der Waals surface area contributed by atoms with E-state index in [0.29, 0.717) is 0 Å². The van der Waals surface area contributed by atoms with Gasteiger partial charge in [0.1, 0.15) is 0 Å². The van der Waals surface area contributed by atoms with Crippen LogP contribution in [0.15, 0.2) is 0 Å². The first-order valence-corrected chi connectivity index (χ1v) is 7.84. The molecule has 0 bridgehead atoms. The summed E-state index contributed by atoms with van der Waals surface area (Å²) in [6.45, 7) is 20.9. The van der Waals surface area contributed by atoms with Gasteiger partial charge >= 0.3 is 14.0 Å². The Labute approximate surface area is 130 Å². The molecule has 1 atom stereocenters. The molecule has 2 rings (SSSR count). The minimum absolute atomic E-state index is 0.0606. The van der Waals surface area contributed by atoms with Crippen molar-refractivity contribution in [2.75, 3.05) is 0 Å². The summed E-state index contributed by atoms with van der Waals surface area (Å²) in [7, 11) is -1.01. The lowest BCUT2D eigenvalue weighted by atomic mass is 9.49. The number of hydrogen-bond donors (Lipinski definition) is 0. The summed E-state index contributed by atoms with van der Waals surface area (Å²) in [5, 5.41) is 0. The van der Waals surface area contributed by atoms with Crippen molar-refractivity contribution < 1.29 is 18.6 Å². The zero-order valence-corrected chi connectivity index (χ0v) is 15.3. The van der Waals surface area contributed by atoms with E-state index in [1.54, 1.807) is 0 Å². The van der Waals surface area contributed by atoms with E-state index >= 15 is 0 Å². The zero-order chi connectivity index (χ0) is 16.5. The maximum Gasteiger partial charge on any atom is 0.489 e. The largest absolute Gasteiger partial charge is 0.489 e. The maximum absolute atomic E-state index is 6.33. The molecule has 0 aromatic carbocycles. The van der Waals surface area contributed by atoms with Gasteiger partial charge in [-0.25, -0.2) is 0 Å². The van der Waals surface area contributed by atoms with Crippen molar-refractivity contribution in [3.63, 3.8) is 0 Å². The molecule has 0 saturated carbocycles. The smallest absolute Gasteiger partial charge is 0.405 e. The Morgan fingerprint density at radius 1 is 0.571 bits per heavy atom. The molecule has 2 fully saturated rings. The van der Waals surface area contributed by atoms with Crippen molar-refractivity contribution in [2.24, 2.45) is 5.41 Å². The predicted octanol–water partition coefficient (Wildman–Crippen LogP) is 3.28. The molecule has 0 aromatic heterocycles. The average Bonchev–Trinajstić information content (AvgIpc) is 2.59. The van der Waals surface area contributed by atoms with Crippen LogP contribution >= 0.6 is 0 Å². The van der Waals surface area contributed by atoms with Crippen LogP contribution in [-0.2, 0) is 18.6 Å². The molecule has 2 heterocycles. The van der Waals surface area contributed by atoms with Crippen LogP contribution < -0.4 is 0 Å². The molecule has 0 aliphatic carbocycles. The molecular formula is C15H30B2O4. The third kappa shape index (κ3) is 2.48. The first-order valence-electron chi connectivity index (χ1n) is 7.84. The van der Waals surface area contributed by atoms with Crippen LogP contribution in [-0.4, -0.2) is 36.4 Å². The number of hydrogen-bond acceptors (Lipinski definition) is 4. The highest BCUT2D eigenvalue weighted by atomic mass is 16.7. The fraction of sp³-hybridized carbons (Fsp3) is 1.00. The van der Waals surface area contributed by atoms with Crippen molar-refractivity contribution in [1.82, 2.24) is 0 Å². The standard InChI is InChI=1S/C15H30B2O4/c1-11(2,3)15(10)14(8,9)20-17(21-15)16-18-12(4,5)13(6,7)19-16/h1-10H3. The molecule has 6 heteroatoms. The Hall–Kier alpha value is -0.0301. The Morgan fingerprint density at radius 2 is 0.905 bits per heavy atom. The lowest BCUT2D eigenvalue weighted by molar-refractivity contribution is -0.0858. The van der Waals surface area contributed by atoms with Gasteiger partial charge in [0.25, 0.3) is 0 Å². The van der Waals surface area contributed by atoms with E-state index in [-0.39, 0.29) is 16.6 Å². The van der Waals surface area contributed by atoms with E-state index < -0.39 is 25.2 Å². The SMILES string of the molecule is CC(C)(C)C1(C)OB(B2OC(C)(C)C(C)(C)O2)OC1(C)C. The molecular weight excluding hydrogens is 266 g/mol. The second-order valence-electron chi connectivity index (χ2n) is 9.02. The van der Waals surface area contributed by atoms with Crippen LogP contribution in [0.3, 0.4) is 0 Å². The van der Waals surface area contributed by atoms with E-state index in [4.69, 9.17) is 18.6 Å². The van der Waals surface area contributed by atoms with Crippen LogP contribution in [0.4, 0.5) is 0 Å². The first-order chi connectivity index (χ1) is 9.13. The van der Waals surface area contributed by atoms with Gasteiger partial charge < -0.3 is 18.6 Å². The van der Waals surface area contributed by atoms with Gasteiger partial charge in [0.2, 0.25) is 0 Å². The molecule has 4 nitrogen and oxygen atoms in total. The second-order valence-corrected chi connectivity index (χ2v) is 9.02. The lowest BCUT2D eigenvalue weighted by Gasteiger charge is -2.46. The monoisotopic (exact) mass is 296 g/mol. The average molecular weight is 296 g/mol. The highest BCUT2D eigenvalue weighted by molar-refractivity contribution is 7.11. The van der Waals surface area contributed by atoms with Crippen molar-refractivity contribution in [3.05, 3.63) is 0 Å². The fourth-order valence-electron chi connectivity index (χ4n) is 2.99. The van der Waals surface area contributed by atoms with Crippen molar-refractivity contribution in [1.29, 1.82) is 0 Å². The lowest BCUT2D eigenvalue weighted by Crippen LogP contribution is -2.54. The molecule has 0 radical (unpaired) electrons. The van der Waals surface area contributed by atoms with Gasteiger partial charge in [-0.3, -0.25) is 0 Å². The summed E-state index contributed by atoms with van der Waals surface area (Å²) in [5.41, 5.74) is -1.66. The molecule has 2 saturated heterocycles. The van der Waals surface area contributed by atoms with E-state index in [9.17, 15) is 0 Å². The third-order valence-corrected chi connectivity index (χ3v) is 5.84.